The summed E-state index contributed by atoms with van der Waals surface area (Å²) in [5, 5.41) is 5.93. The monoisotopic (exact) mass is 445 g/mol. The maximum Gasteiger partial charge on any atom is 0.265 e. The Morgan fingerprint density at radius 2 is 2.03 bits per heavy atom. The normalized spacial score (nSPS) is 20.6. The van der Waals surface area contributed by atoms with Crippen LogP contribution in [0, 0.1) is 5.82 Å². The zero-order valence-corrected chi connectivity index (χ0v) is 18.0. The van der Waals surface area contributed by atoms with Crippen LogP contribution in [0.15, 0.2) is 36.4 Å². The van der Waals surface area contributed by atoms with Crippen molar-refractivity contribution < 1.29 is 18.7 Å². The number of hydrogen-bond acceptors (Lipinski definition) is 4. The molecule has 2 atom stereocenters. The van der Waals surface area contributed by atoms with Crippen LogP contribution in [0.25, 0.3) is 0 Å². The number of carbonyl (C=O) groups excluding carboxylic acids is 2. The van der Waals surface area contributed by atoms with Gasteiger partial charge < -0.3 is 15.4 Å². The molecule has 164 valence electrons. The molecule has 0 saturated carbocycles. The van der Waals surface area contributed by atoms with E-state index in [1.54, 1.807) is 18.2 Å². The van der Waals surface area contributed by atoms with Crippen LogP contribution in [0.3, 0.4) is 0 Å². The zero-order valence-electron chi connectivity index (χ0n) is 17.3. The Morgan fingerprint density at radius 1 is 1.19 bits per heavy atom. The molecule has 6 nitrogen and oxygen atoms in total. The van der Waals surface area contributed by atoms with Crippen LogP contribution >= 0.6 is 11.6 Å². The van der Waals surface area contributed by atoms with Crippen molar-refractivity contribution in [2.24, 2.45) is 0 Å². The lowest BCUT2D eigenvalue weighted by atomic mass is 10.0. The molecule has 2 N–H and O–H groups in total. The van der Waals surface area contributed by atoms with Crippen molar-refractivity contribution in [1.82, 2.24) is 4.90 Å². The fraction of sp³-hybridized carbons (Fsp3) is 0.391. The summed E-state index contributed by atoms with van der Waals surface area (Å²) in [4.78, 5) is 27.2. The van der Waals surface area contributed by atoms with Crippen LogP contribution in [0.5, 0.6) is 5.75 Å². The number of piperidine rings is 1. The van der Waals surface area contributed by atoms with Gasteiger partial charge in [-0.15, -0.1) is 0 Å². The lowest BCUT2D eigenvalue weighted by Gasteiger charge is -2.32. The molecule has 1 saturated heterocycles. The summed E-state index contributed by atoms with van der Waals surface area (Å²) in [6.45, 7) is 3.31. The van der Waals surface area contributed by atoms with E-state index < -0.39 is 17.8 Å². The molecule has 0 spiro atoms. The number of anilines is 2. The van der Waals surface area contributed by atoms with Gasteiger partial charge in [-0.1, -0.05) is 18.0 Å². The lowest BCUT2D eigenvalue weighted by molar-refractivity contribution is -0.122. The first-order chi connectivity index (χ1) is 14.9. The first-order valence-corrected chi connectivity index (χ1v) is 10.9. The number of nitrogens with one attached hydrogen (secondary N) is 2. The van der Waals surface area contributed by atoms with Crippen molar-refractivity contribution in [3.05, 3.63) is 52.8 Å². The summed E-state index contributed by atoms with van der Waals surface area (Å²) in [5.41, 5.74) is 1.25. The molecule has 1 fully saturated rings. The molecule has 2 amide bonds. The highest BCUT2D eigenvalue weighted by atomic mass is 35.5. The number of halogens is 2. The van der Waals surface area contributed by atoms with E-state index in [2.05, 4.69) is 22.5 Å². The van der Waals surface area contributed by atoms with Gasteiger partial charge in [0.25, 0.3) is 5.91 Å². The molecule has 0 aliphatic carbocycles. The Labute approximate surface area is 185 Å². The van der Waals surface area contributed by atoms with E-state index in [9.17, 15) is 14.0 Å². The molecule has 4 rings (SSSR count). The molecule has 0 radical (unpaired) electrons. The van der Waals surface area contributed by atoms with Crippen molar-refractivity contribution >= 4 is 34.8 Å². The minimum absolute atomic E-state index is 0.00766. The molecular weight excluding hydrogens is 421 g/mol. The second-order valence-electron chi connectivity index (χ2n) is 8.11. The number of carbonyl (C=O) groups is 2. The highest BCUT2D eigenvalue weighted by Gasteiger charge is 2.30. The molecule has 2 aliphatic heterocycles. The van der Waals surface area contributed by atoms with Crippen molar-refractivity contribution in [2.75, 3.05) is 23.7 Å². The van der Waals surface area contributed by atoms with Crippen LogP contribution < -0.4 is 15.4 Å². The van der Waals surface area contributed by atoms with Crippen LogP contribution in [0.2, 0.25) is 5.02 Å². The standard InChI is InChI=1S/C23H25ClFN3O3/c1-14-4-2-3-9-28(14)13-22(29)26-17-6-7-18(25)19(12-17)27-23(30)21-11-15-10-16(24)5-8-20(15)31-21/h5-8,10,12,14,21H,2-4,9,11,13H2,1H3,(H,26,29)(H,27,30)/t14-,21+/m0/s1. The molecule has 2 aromatic rings. The van der Waals surface area contributed by atoms with Gasteiger partial charge in [0.1, 0.15) is 11.6 Å². The third-order valence-electron chi connectivity index (χ3n) is 5.78. The Balaban J connectivity index is 1.37. The number of amides is 2. The van der Waals surface area contributed by atoms with Gasteiger partial charge in [0.2, 0.25) is 5.91 Å². The van der Waals surface area contributed by atoms with Crippen molar-refractivity contribution in [1.29, 1.82) is 0 Å². The summed E-state index contributed by atoms with van der Waals surface area (Å²) in [7, 11) is 0. The molecule has 2 heterocycles. The number of likely N-dealkylation sites (tertiary alicyclic amines) is 1. The number of nitrogens with zero attached hydrogens (tertiary/aromatic N) is 1. The number of rotatable bonds is 5. The first-order valence-electron chi connectivity index (χ1n) is 10.5. The van der Waals surface area contributed by atoms with Crippen LogP contribution in [-0.4, -0.2) is 41.9 Å². The molecule has 2 aliphatic rings. The van der Waals surface area contributed by atoms with Crippen LogP contribution in [-0.2, 0) is 16.0 Å². The first kappa shape index (κ1) is 21.6. The molecule has 0 bridgehead atoms. The second-order valence-corrected chi connectivity index (χ2v) is 8.55. The number of hydrogen-bond donors (Lipinski definition) is 2. The third kappa shape index (κ3) is 5.17. The summed E-state index contributed by atoms with van der Waals surface area (Å²) in [6, 6.07) is 9.65. The van der Waals surface area contributed by atoms with E-state index in [0.717, 1.165) is 24.9 Å². The Morgan fingerprint density at radius 3 is 2.84 bits per heavy atom. The van der Waals surface area contributed by atoms with E-state index in [1.165, 1.54) is 24.6 Å². The predicted molar refractivity (Wildman–Crippen MR) is 118 cm³/mol. The van der Waals surface area contributed by atoms with E-state index in [-0.39, 0.29) is 18.1 Å². The average Bonchev–Trinajstić information content (AvgIpc) is 3.15. The Kier molecular flexibility index (Phi) is 6.43. The van der Waals surface area contributed by atoms with E-state index in [0.29, 0.717) is 28.9 Å². The lowest BCUT2D eigenvalue weighted by Crippen LogP contribution is -2.42. The smallest absolute Gasteiger partial charge is 0.265 e. The zero-order chi connectivity index (χ0) is 22.0. The highest BCUT2D eigenvalue weighted by molar-refractivity contribution is 6.30. The quantitative estimate of drug-likeness (QED) is 0.722. The van der Waals surface area contributed by atoms with Gasteiger partial charge in [-0.2, -0.15) is 0 Å². The van der Waals surface area contributed by atoms with E-state index >= 15 is 0 Å². The van der Waals surface area contributed by atoms with Gasteiger partial charge in [0.05, 0.1) is 12.2 Å². The number of fused-ring (bicyclic) bond motifs is 1. The SMILES string of the molecule is C[C@H]1CCCCN1CC(=O)Nc1ccc(F)c(NC(=O)[C@H]2Cc3cc(Cl)ccc3O2)c1. The summed E-state index contributed by atoms with van der Waals surface area (Å²) in [5.74, 6) is -0.617. The average molecular weight is 446 g/mol. The van der Waals surface area contributed by atoms with Gasteiger partial charge in [0, 0.05) is 23.2 Å². The number of ether oxygens (including phenoxy) is 1. The van der Waals surface area contributed by atoms with Gasteiger partial charge in [-0.05, 0) is 68.3 Å². The third-order valence-corrected chi connectivity index (χ3v) is 6.02. The Bertz CT molecular complexity index is 1000. The van der Waals surface area contributed by atoms with Crippen molar-refractivity contribution in [2.45, 2.75) is 44.8 Å². The molecule has 0 aromatic heterocycles. The van der Waals surface area contributed by atoms with Gasteiger partial charge in [-0.25, -0.2) is 4.39 Å². The summed E-state index contributed by atoms with van der Waals surface area (Å²) in [6.07, 6.45) is 2.94. The minimum atomic E-state index is -0.772. The highest BCUT2D eigenvalue weighted by Crippen LogP contribution is 2.32. The van der Waals surface area contributed by atoms with E-state index in [4.69, 9.17) is 16.3 Å². The molecular formula is C23H25ClFN3O3. The predicted octanol–water partition coefficient (Wildman–Crippen LogP) is 4.23. The number of benzene rings is 2. The minimum Gasteiger partial charge on any atom is -0.480 e. The van der Waals surface area contributed by atoms with Crippen molar-refractivity contribution in [3.63, 3.8) is 0 Å². The van der Waals surface area contributed by atoms with Crippen molar-refractivity contribution in [3.8, 4) is 5.75 Å². The maximum atomic E-state index is 14.3. The fourth-order valence-corrected chi connectivity index (χ4v) is 4.25. The van der Waals surface area contributed by atoms with Gasteiger partial charge in [-0.3, -0.25) is 14.5 Å². The molecule has 8 heteroatoms. The fourth-order valence-electron chi connectivity index (χ4n) is 4.05. The van der Waals surface area contributed by atoms with Crippen LogP contribution in [0.1, 0.15) is 31.7 Å². The van der Waals surface area contributed by atoms with Crippen LogP contribution in [0.4, 0.5) is 15.8 Å². The van der Waals surface area contributed by atoms with Gasteiger partial charge >= 0.3 is 0 Å². The molecule has 0 unspecified atom stereocenters. The van der Waals surface area contributed by atoms with E-state index in [1.807, 2.05) is 0 Å². The topological polar surface area (TPSA) is 70.7 Å². The summed E-state index contributed by atoms with van der Waals surface area (Å²) < 4.78 is 20.0. The maximum absolute atomic E-state index is 14.3. The van der Waals surface area contributed by atoms with Gasteiger partial charge in [0.15, 0.2) is 6.10 Å². The molecule has 31 heavy (non-hydrogen) atoms. The summed E-state index contributed by atoms with van der Waals surface area (Å²) >= 11 is 5.99. The largest absolute Gasteiger partial charge is 0.480 e. The molecule has 2 aromatic carbocycles. The Hall–Kier alpha value is -2.64. The second kappa shape index (κ2) is 9.24.